The van der Waals surface area contributed by atoms with Crippen LogP contribution in [0.25, 0.3) is 6.08 Å². The fourth-order valence-electron chi connectivity index (χ4n) is 2.96. The minimum Gasteiger partial charge on any atom is -0.497 e. The molecule has 0 spiro atoms. The van der Waals surface area contributed by atoms with Gasteiger partial charge in [-0.05, 0) is 79.2 Å². The molecule has 9 heteroatoms. The van der Waals surface area contributed by atoms with Gasteiger partial charge in [-0.15, -0.1) is 0 Å². The van der Waals surface area contributed by atoms with E-state index in [1.807, 2.05) is 6.07 Å². The number of rotatable bonds is 8. The summed E-state index contributed by atoms with van der Waals surface area (Å²) in [5.41, 5.74) is 1.11. The number of hydrogen-bond acceptors (Lipinski definition) is 6. The number of carbonyl (C=O) groups is 2. The Morgan fingerprint density at radius 3 is 2.40 bits per heavy atom. The number of nitrogens with zero attached hydrogens (tertiary/aromatic N) is 1. The van der Waals surface area contributed by atoms with E-state index in [1.54, 1.807) is 55.5 Å². The zero-order valence-corrected chi connectivity index (χ0v) is 21.1. The zero-order chi connectivity index (χ0) is 25.4. The maximum Gasteiger partial charge on any atom is 0.343 e. The molecule has 3 aromatic carbocycles. The summed E-state index contributed by atoms with van der Waals surface area (Å²) >= 11 is 9.73. The lowest BCUT2D eigenvalue weighted by Crippen LogP contribution is -2.13. The first-order valence-electron chi connectivity index (χ1n) is 10.4. The smallest absolute Gasteiger partial charge is 0.343 e. The summed E-state index contributed by atoms with van der Waals surface area (Å²) in [6, 6.07) is 18.3. The minimum absolute atomic E-state index is 0.0318. The van der Waals surface area contributed by atoms with E-state index in [4.69, 9.17) is 25.8 Å². The van der Waals surface area contributed by atoms with Gasteiger partial charge in [0.2, 0.25) is 0 Å². The topological polar surface area (TPSA) is 97.6 Å². The molecule has 0 aliphatic rings. The van der Waals surface area contributed by atoms with Gasteiger partial charge in [-0.1, -0.05) is 27.5 Å². The Morgan fingerprint density at radius 1 is 1.11 bits per heavy atom. The van der Waals surface area contributed by atoms with Crippen molar-refractivity contribution in [1.82, 2.24) is 0 Å². The number of esters is 1. The van der Waals surface area contributed by atoms with Gasteiger partial charge in [0.25, 0.3) is 5.91 Å². The van der Waals surface area contributed by atoms with Gasteiger partial charge in [-0.2, -0.15) is 5.26 Å². The van der Waals surface area contributed by atoms with Crippen molar-refractivity contribution >= 4 is 51.2 Å². The van der Waals surface area contributed by atoms with Crippen LogP contribution in [-0.2, 0) is 4.79 Å². The van der Waals surface area contributed by atoms with Gasteiger partial charge in [0.05, 0.1) is 24.3 Å². The van der Waals surface area contributed by atoms with E-state index >= 15 is 0 Å². The Hall–Kier alpha value is -3.80. The number of nitrogens with one attached hydrogen (secondary N) is 1. The fourth-order valence-corrected chi connectivity index (χ4v) is 3.48. The maximum atomic E-state index is 12.6. The van der Waals surface area contributed by atoms with Gasteiger partial charge in [-0.3, -0.25) is 4.79 Å². The Labute approximate surface area is 216 Å². The van der Waals surface area contributed by atoms with Crippen LogP contribution in [0.15, 0.2) is 70.7 Å². The molecule has 7 nitrogen and oxygen atoms in total. The molecule has 0 fully saturated rings. The first kappa shape index (κ1) is 25.8. The second-order valence-corrected chi connectivity index (χ2v) is 8.33. The molecule has 35 heavy (non-hydrogen) atoms. The Morgan fingerprint density at radius 2 is 1.80 bits per heavy atom. The summed E-state index contributed by atoms with van der Waals surface area (Å²) in [4.78, 5) is 25.2. The standard InChI is InChI=1S/C26H20BrClN2O5/c1-3-34-23-14-16(12-18(15-29)25(31)30-20-8-6-19(27)7-9-20)13-22(28)24(23)35-26(32)17-4-10-21(33-2)11-5-17/h4-14H,3H2,1-2H3,(H,30,31)/b18-12+. The SMILES string of the molecule is CCOc1cc(/C=C(\C#N)C(=O)Nc2ccc(Br)cc2)cc(Cl)c1OC(=O)c1ccc(OC)cc1. The van der Waals surface area contributed by atoms with Crippen molar-refractivity contribution in [3.63, 3.8) is 0 Å². The second-order valence-electron chi connectivity index (χ2n) is 7.01. The van der Waals surface area contributed by atoms with Crippen LogP contribution in [0.2, 0.25) is 5.02 Å². The summed E-state index contributed by atoms with van der Waals surface area (Å²) < 4.78 is 17.1. The van der Waals surface area contributed by atoms with Gasteiger partial charge >= 0.3 is 5.97 Å². The highest BCUT2D eigenvalue weighted by Crippen LogP contribution is 2.38. The van der Waals surface area contributed by atoms with Crippen molar-refractivity contribution in [2.45, 2.75) is 6.92 Å². The molecule has 0 aliphatic heterocycles. The molecule has 3 rings (SSSR count). The van der Waals surface area contributed by atoms with Crippen molar-refractivity contribution in [3.05, 3.63) is 86.9 Å². The largest absolute Gasteiger partial charge is 0.497 e. The zero-order valence-electron chi connectivity index (χ0n) is 18.8. The number of carbonyl (C=O) groups excluding carboxylic acids is 2. The van der Waals surface area contributed by atoms with E-state index in [-0.39, 0.29) is 28.7 Å². The lowest BCUT2D eigenvalue weighted by atomic mass is 10.1. The summed E-state index contributed by atoms with van der Waals surface area (Å²) in [6.45, 7) is 2.03. The van der Waals surface area contributed by atoms with Crippen molar-refractivity contribution in [1.29, 1.82) is 5.26 Å². The van der Waals surface area contributed by atoms with Gasteiger partial charge in [0.1, 0.15) is 17.4 Å². The van der Waals surface area contributed by atoms with Gasteiger partial charge < -0.3 is 19.5 Å². The van der Waals surface area contributed by atoms with Crippen LogP contribution in [0.4, 0.5) is 5.69 Å². The quantitative estimate of drug-likeness (QED) is 0.152. The van der Waals surface area contributed by atoms with Crippen molar-refractivity contribution in [3.8, 4) is 23.3 Å². The van der Waals surface area contributed by atoms with E-state index in [1.165, 1.54) is 25.3 Å². The first-order valence-corrected chi connectivity index (χ1v) is 11.5. The molecule has 3 aromatic rings. The lowest BCUT2D eigenvalue weighted by Gasteiger charge is -2.14. The third-order valence-electron chi connectivity index (χ3n) is 4.63. The number of nitriles is 1. The molecule has 1 N–H and O–H groups in total. The van der Waals surface area contributed by atoms with Crippen molar-refractivity contribution < 1.29 is 23.8 Å². The third kappa shape index (κ3) is 6.85. The molecule has 0 atom stereocenters. The molecule has 0 heterocycles. The summed E-state index contributed by atoms with van der Waals surface area (Å²) in [5, 5.41) is 12.3. The molecular weight excluding hydrogens is 536 g/mol. The molecule has 0 radical (unpaired) electrons. The maximum absolute atomic E-state index is 12.6. The van der Waals surface area contributed by atoms with Crippen LogP contribution in [0.1, 0.15) is 22.8 Å². The Kier molecular flexibility index (Phi) is 8.90. The fraction of sp³-hybridized carbons (Fsp3) is 0.115. The van der Waals surface area contributed by atoms with Crippen molar-refractivity contribution in [2.24, 2.45) is 0 Å². The van der Waals surface area contributed by atoms with E-state index in [0.29, 0.717) is 22.6 Å². The molecule has 0 saturated heterocycles. The van der Waals surface area contributed by atoms with Crippen LogP contribution in [-0.4, -0.2) is 25.6 Å². The van der Waals surface area contributed by atoms with E-state index in [0.717, 1.165) is 4.47 Å². The van der Waals surface area contributed by atoms with Crippen LogP contribution >= 0.6 is 27.5 Å². The predicted octanol–water partition coefficient (Wildman–Crippen LogP) is 6.27. The number of anilines is 1. The Balaban J connectivity index is 1.86. The molecule has 0 unspecified atom stereocenters. The number of ether oxygens (including phenoxy) is 3. The first-order chi connectivity index (χ1) is 16.8. The third-order valence-corrected chi connectivity index (χ3v) is 5.44. The molecule has 0 aromatic heterocycles. The van der Waals surface area contributed by atoms with E-state index < -0.39 is 11.9 Å². The van der Waals surface area contributed by atoms with Crippen LogP contribution in [0.5, 0.6) is 17.2 Å². The monoisotopic (exact) mass is 554 g/mol. The normalized spacial score (nSPS) is 10.8. The highest BCUT2D eigenvalue weighted by atomic mass is 79.9. The molecular formula is C26H20BrClN2O5. The summed E-state index contributed by atoms with van der Waals surface area (Å²) in [7, 11) is 1.53. The van der Waals surface area contributed by atoms with Gasteiger partial charge in [-0.25, -0.2) is 4.79 Å². The van der Waals surface area contributed by atoms with Crippen LogP contribution in [0, 0.1) is 11.3 Å². The molecule has 0 aliphatic carbocycles. The number of halogens is 2. The average molecular weight is 556 g/mol. The average Bonchev–Trinajstić information content (AvgIpc) is 2.86. The van der Waals surface area contributed by atoms with Gasteiger partial charge in [0, 0.05) is 10.2 Å². The lowest BCUT2D eigenvalue weighted by molar-refractivity contribution is -0.112. The number of methoxy groups -OCH3 is 1. The molecule has 0 saturated carbocycles. The van der Waals surface area contributed by atoms with Crippen molar-refractivity contribution in [2.75, 3.05) is 19.0 Å². The highest BCUT2D eigenvalue weighted by molar-refractivity contribution is 9.10. The number of amides is 1. The van der Waals surface area contributed by atoms with E-state index in [9.17, 15) is 14.9 Å². The van der Waals surface area contributed by atoms with Gasteiger partial charge in [0.15, 0.2) is 11.5 Å². The molecule has 0 bridgehead atoms. The second kappa shape index (κ2) is 12.1. The van der Waals surface area contributed by atoms with E-state index in [2.05, 4.69) is 21.2 Å². The summed E-state index contributed by atoms with van der Waals surface area (Å²) in [6.07, 6.45) is 1.37. The predicted molar refractivity (Wildman–Crippen MR) is 137 cm³/mol. The number of benzene rings is 3. The molecule has 178 valence electrons. The minimum atomic E-state index is -0.634. The number of hydrogen-bond donors (Lipinski definition) is 1. The van der Waals surface area contributed by atoms with Crippen LogP contribution in [0.3, 0.4) is 0 Å². The highest BCUT2D eigenvalue weighted by Gasteiger charge is 2.18. The van der Waals surface area contributed by atoms with Crippen LogP contribution < -0.4 is 19.5 Å². The molecule has 1 amide bonds. The Bertz CT molecular complexity index is 1300. The summed E-state index contributed by atoms with van der Waals surface area (Å²) in [5.74, 6) is -0.393.